The van der Waals surface area contributed by atoms with Crippen molar-refractivity contribution in [2.45, 2.75) is 19.3 Å². The standard InChI is InChI=1S/C13H16N4O2S/c1-13(2,10-4-3-5-20-10)8-15-12-7-9(17(18)19)6-11(14)16-12/h3-7H,8H2,1-2H3,(H3,14,15,16). The van der Waals surface area contributed by atoms with Gasteiger partial charge in [-0.05, 0) is 11.4 Å². The van der Waals surface area contributed by atoms with Gasteiger partial charge in [-0.3, -0.25) is 10.1 Å². The van der Waals surface area contributed by atoms with Gasteiger partial charge in [0, 0.05) is 16.8 Å². The Balaban J connectivity index is 2.13. The minimum atomic E-state index is -0.479. The second-order valence-corrected chi connectivity index (χ2v) is 6.05. The molecule has 0 fully saturated rings. The van der Waals surface area contributed by atoms with Crippen LogP contribution in [0.1, 0.15) is 18.7 Å². The number of pyridine rings is 1. The van der Waals surface area contributed by atoms with E-state index in [1.165, 1.54) is 17.0 Å². The van der Waals surface area contributed by atoms with Crippen LogP contribution in [0.25, 0.3) is 0 Å². The van der Waals surface area contributed by atoms with Crippen LogP contribution in [0.3, 0.4) is 0 Å². The zero-order valence-electron chi connectivity index (χ0n) is 11.3. The summed E-state index contributed by atoms with van der Waals surface area (Å²) in [5, 5.41) is 15.9. The minimum absolute atomic E-state index is 0.0612. The summed E-state index contributed by atoms with van der Waals surface area (Å²) in [5.74, 6) is 0.553. The Labute approximate surface area is 120 Å². The first-order chi connectivity index (χ1) is 9.38. The molecule has 0 saturated carbocycles. The van der Waals surface area contributed by atoms with E-state index < -0.39 is 4.92 Å². The first-order valence-electron chi connectivity index (χ1n) is 6.08. The normalized spacial score (nSPS) is 11.3. The molecule has 0 aliphatic heterocycles. The molecule has 3 N–H and O–H groups in total. The van der Waals surface area contributed by atoms with E-state index in [0.29, 0.717) is 12.4 Å². The number of thiophene rings is 1. The van der Waals surface area contributed by atoms with E-state index >= 15 is 0 Å². The molecule has 0 atom stereocenters. The smallest absolute Gasteiger partial charge is 0.276 e. The van der Waals surface area contributed by atoms with Crippen LogP contribution in [0.4, 0.5) is 17.3 Å². The summed E-state index contributed by atoms with van der Waals surface area (Å²) < 4.78 is 0. The van der Waals surface area contributed by atoms with Crippen molar-refractivity contribution in [3.8, 4) is 0 Å². The van der Waals surface area contributed by atoms with Gasteiger partial charge in [-0.1, -0.05) is 19.9 Å². The van der Waals surface area contributed by atoms with Gasteiger partial charge >= 0.3 is 0 Å². The lowest BCUT2D eigenvalue weighted by molar-refractivity contribution is -0.384. The number of nitrogens with zero attached hydrogens (tertiary/aromatic N) is 2. The molecule has 20 heavy (non-hydrogen) atoms. The van der Waals surface area contributed by atoms with Gasteiger partial charge in [0.05, 0.1) is 17.1 Å². The molecule has 0 aromatic carbocycles. The fourth-order valence-corrected chi connectivity index (χ4v) is 2.65. The Morgan fingerprint density at radius 3 is 2.85 bits per heavy atom. The van der Waals surface area contributed by atoms with Crippen LogP contribution in [-0.4, -0.2) is 16.5 Å². The number of nitrogen functional groups attached to an aromatic ring is 1. The minimum Gasteiger partial charge on any atom is -0.383 e. The number of anilines is 2. The third-order valence-electron chi connectivity index (χ3n) is 2.94. The van der Waals surface area contributed by atoms with E-state index in [1.54, 1.807) is 11.3 Å². The highest BCUT2D eigenvalue weighted by Crippen LogP contribution is 2.28. The predicted molar refractivity (Wildman–Crippen MR) is 81.1 cm³/mol. The number of aromatic nitrogens is 1. The number of hydrogen-bond acceptors (Lipinski definition) is 6. The lowest BCUT2D eigenvalue weighted by Crippen LogP contribution is -2.27. The van der Waals surface area contributed by atoms with Crippen molar-refractivity contribution in [1.82, 2.24) is 4.98 Å². The van der Waals surface area contributed by atoms with E-state index in [-0.39, 0.29) is 16.9 Å². The van der Waals surface area contributed by atoms with Crippen molar-refractivity contribution in [3.63, 3.8) is 0 Å². The third kappa shape index (κ3) is 3.24. The number of nitro groups is 1. The Morgan fingerprint density at radius 1 is 1.50 bits per heavy atom. The Bertz CT molecular complexity index is 611. The SMILES string of the molecule is CC(C)(CNc1cc([N+](=O)[O-])cc(N)n1)c1cccs1. The number of hydrogen-bond donors (Lipinski definition) is 2. The van der Waals surface area contributed by atoms with Crippen molar-refractivity contribution in [3.05, 3.63) is 44.6 Å². The van der Waals surface area contributed by atoms with Gasteiger partial charge in [0.1, 0.15) is 11.6 Å². The zero-order chi connectivity index (χ0) is 14.8. The van der Waals surface area contributed by atoms with E-state index in [2.05, 4.69) is 30.2 Å². The Hall–Kier alpha value is -2.15. The molecule has 106 valence electrons. The zero-order valence-corrected chi connectivity index (χ0v) is 12.1. The summed E-state index contributed by atoms with van der Waals surface area (Å²) in [7, 11) is 0. The number of nitrogens with one attached hydrogen (secondary N) is 1. The van der Waals surface area contributed by atoms with Gasteiger partial charge < -0.3 is 11.1 Å². The van der Waals surface area contributed by atoms with E-state index in [4.69, 9.17) is 5.73 Å². The van der Waals surface area contributed by atoms with Crippen LogP contribution in [0.15, 0.2) is 29.6 Å². The molecule has 0 unspecified atom stereocenters. The van der Waals surface area contributed by atoms with Crippen molar-refractivity contribution < 1.29 is 4.92 Å². The summed E-state index contributed by atoms with van der Waals surface area (Å²) in [6, 6.07) is 6.71. The molecule has 0 radical (unpaired) electrons. The van der Waals surface area contributed by atoms with Gasteiger partial charge in [-0.15, -0.1) is 11.3 Å². The predicted octanol–water partition coefficient (Wildman–Crippen LogP) is 3.02. The van der Waals surface area contributed by atoms with Crippen LogP contribution in [0.2, 0.25) is 0 Å². The summed E-state index contributed by atoms with van der Waals surface area (Å²) in [6.45, 7) is 4.82. The second-order valence-electron chi connectivity index (χ2n) is 5.11. The second kappa shape index (κ2) is 5.46. The van der Waals surface area contributed by atoms with Crippen molar-refractivity contribution in [2.24, 2.45) is 0 Å². The molecule has 2 heterocycles. The number of rotatable bonds is 5. The quantitative estimate of drug-likeness (QED) is 0.652. The van der Waals surface area contributed by atoms with Gasteiger partial charge in [0.2, 0.25) is 0 Å². The molecule has 6 nitrogen and oxygen atoms in total. The van der Waals surface area contributed by atoms with E-state index in [1.807, 2.05) is 11.4 Å². The summed E-state index contributed by atoms with van der Waals surface area (Å²) >= 11 is 1.68. The van der Waals surface area contributed by atoms with Crippen LogP contribution < -0.4 is 11.1 Å². The molecule has 2 aromatic rings. The molecule has 7 heteroatoms. The van der Waals surface area contributed by atoms with Gasteiger partial charge in [-0.25, -0.2) is 4.98 Å². The number of nitrogens with two attached hydrogens (primary N) is 1. The molecular formula is C13H16N4O2S. The highest BCUT2D eigenvalue weighted by atomic mass is 32.1. The van der Waals surface area contributed by atoms with Crippen molar-refractivity contribution in [1.29, 1.82) is 0 Å². The first-order valence-corrected chi connectivity index (χ1v) is 6.96. The Kier molecular flexibility index (Phi) is 3.89. The average molecular weight is 292 g/mol. The van der Waals surface area contributed by atoms with E-state index in [9.17, 15) is 10.1 Å². The molecular weight excluding hydrogens is 276 g/mol. The lowest BCUT2D eigenvalue weighted by atomic mass is 9.91. The highest BCUT2D eigenvalue weighted by Gasteiger charge is 2.22. The average Bonchev–Trinajstić information content (AvgIpc) is 2.90. The maximum absolute atomic E-state index is 10.8. The molecule has 0 amide bonds. The largest absolute Gasteiger partial charge is 0.383 e. The van der Waals surface area contributed by atoms with Crippen LogP contribution >= 0.6 is 11.3 Å². The van der Waals surface area contributed by atoms with Crippen LogP contribution in [0.5, 0.6) is 0 Å². The van der Waals surface area contributed by atoms with Crippen LogP contribution in [-0.2, 0) is 5.41 Å². The molecule has 2 aromatic heterocycles. The van der Waals surface area contributed by atoms with E-state index in [0.717, 1.165) is 0 Å². The topological polar surface area (TPSA) is 94.1 Å². The fourth-order valence-electron chi connectivity index (χ4n) is 1.80. The highest BCUT2D eigenvalue weighted by molar-refractivity contribution is 7.10. The first kappa shape index (κ1) is 14.3. The summed E-state index contributed by atoms with van der Waals surface area (Å²) in [4.78, 5) is 15.6. The van der Waals surface area contributed by atoms with Gasteiger partial charge in [0.15, 0.2) is 0 Å². The molecule has 0 bridgehead atoms. The molecule has 0 saturated heterocycles. The molecule has 2 rings (SSSR count). The summed E-state index contributed by atoms with van der Waals surface area (Å²) in [5.41, 5.74) is 5.43. The van der Waals surface area contributed by atoms with Crippen molar-refractivity contribution >= 4 is 28.7 Å². The maximum Gasteiger partial charge on any atom is 0.276 e. The third-order valence-corrected chi connectivity index (χ3v) is 4.18. The van der Waals surface area contributed by atoms with Crippen molar-refractivity contribution in [2.75, 3.05) is 17.6 Å². The molecule has 0 spiro atoms. The maximum atomic E-state index is 10.8. The monoisotopic (exact) mass is 292 g/mol. The van der Waals surface area contributed by atoms with Crippen LogP contribution in [0, 0.1) is 10.1 Å². The van der Waals surface area contributed by atoms with Gasteiger partial charge in [-0.2, -0.15) is 0 Å². The fraction of sp³-hybridized carbons (Fsp3) is 0.308. The lowest BCUT2D eigenvalue weighted by Gasteiger charge is -2.24. The summed E-state index contributed by atoms with van der Waals surface area (Å²) in [6.07, 6.45) is 0. The molecule has 0 aliphatic rings. The Morgan fingerprint density at radius 2 is 2.25 bits per heavy atom. The van der Waals surface area contributed by atoms with Gasteiger partial charge in [0.25, 0.3) is 5.69 Å². The molecule has 0 aliphatic carbocycles.